The highest BCUT2D eigenvalue weighted by atomic mass is 33.1. The van der Waals surface area contributed by atoms with E-state index in [9.17, 15) is 0 Å². The first-order valence-electron chi connectivity index (χ1n) is 5.97. The van der Waals surface area contributed by atoms with Crippen molar-refractivity contribution in [1.29, 1.82) is 0 Å². The van der Waals surface area contributed by atoms with Crippen molar-refractivity contribution in [2.45, 2.75) is 10.3 Å². The van der Waals surface area contributed by atoms with E-state index in [4.69, 9.17) is 18.9 Å². The fourth-order valence-electron chi connectivity index (χ4n) is 1.33. The fourth-order valence-corrected chi connectivity index (χ4v) is 2.89. The molecule has 2 heterocycles. The quantitative estimate of drug-likeness (QED) is 0.550. The Labute approximate surface area is 135 Å². The van der Waals surface area contributed by atoms with Gasteiger partial charge in [0.1, 0.15) is 0 Å². The van der Waals surface area contributed by atoms with Gasteiger partial charge in [-0.2, -0.15) is 19.9 Å². The first-order valence-corrected chi connectivity index (χ1v) is 8.12. The standard InChI is InChI=1S/C12H14N4O4S2/c1-17-7-5-8(18-2)14-11(13-7)21-22-12-15-9(19-3)6-10(16-12)20-4/h5-6H,1-4H3. The highest BCUT2D eigenvalue weighted by Gasteiger charge is 2.11. The molecule has 10 heteroatoms. The molecule has 0 unspecified atom stereocenters. The van der Waals surface area contributed by atoms with Crippen LogP contribution in [0.4, 0.5) is 0 Å². The maximum Gasteiger partial charge on any atom is 0.220 e. The van der Waals surface area contributed by atoms with E-state index in [2.05, 4.69) is 19.9 Å². The number of rotatable bonds is 7. The van der Waals surface area contributed by atoms with Crippen molar-refractivity contribution in [1.82, 2.24) is 19.9 Å². The van der Waals surface area contributed by atoms with Gasteiger partial charge in [-0.1, -0.05) is 0 Å². The van der Waals surface area contributed by atoms with Crippen LogP contribution < -0.4 is 18.9 Å². The minimum Gasteiger partial charge on any atom is -0.481 e. The van der Waals surface area contributed by atoms with Crippen LogP contribution in [0.3, 0.4) is 0 Å². The van der Waals surface area contributed by atoms with Gasteiger partial charge >= 0.3 is 0 Å². The van der Waals surface area contributed by atoms with Crippen molar-refractivity contribution in [3.63, 3.8) is 0 Å². The summed E-state index contributed by atoms with van der Waals surface area (Å²) < 4.78 is 20.4. The van der Waals surface area contributed by atoms with Crippen LogP contribution in [-0.4, -0.2) is 48.4 Å². The molecule has 8 nitrogen and oxygen atoms in total. The largest absolute Gasteiger partial charge is 0.481 e. The van der Waals surface area contributed by atoms with Crippen molar-refractivity contribution < 1.29 is 18.9 Å². The van der Waals surface area contributed by atoms with Gasteiger partial charge in [0.2, 0.25) is 33.8 Å². The zero-order valence-corrected chi connectivity index (χ0v) is 14.0. The van der Waals surface area contributed by atoms with E-state index >= 15 is 0 Å². The molecule has 0 atom stereocenters. The van der Waals surface area contributed by atoms with Gasteiger partial charge in [0.25, 0.3) is 0 Å². The second kappa shape index (κ2) is 7.90. The Balaban J connectivity index is 2.15. The molecule has 118 valence electrons. The molecular weight excluding hydrogens is 328 g/mol. The van der Waals surface area contributed by atoms with Crippen LogP contribution in [0.1, 0.15) is 0 Å². The highest BCUT2D eigenvalue weighted by molar-refractivity contribution is 8.76. The molecule has 2 rings (SSSR count). The lowest BCUT2D eigenvalue weighted by atomic mass is 10.6. The molecule has 0 N–H and O–H groups in total. The Morgan fingerprint density at radius 1 is 0.591 bits per heavy atom. The van der Waals surface area contributed by atoms with Crippen molar-refractivity contribution in [3.05, 3.63) is 12.1 Å². The average molecular weight is 342 g/mol. The second-order valence-electron chi connectivity index (χ2n) is 3.64. The lowest BCUT2D eigenvalue weighted by molar-refractivity contribution is 0.364. The van der Waals surface area contributed by atoms with Gasteiger partial charge in [0.05, 0.1) is 40.6 Å². The molecule has 0 spiro atoms. The summed E-state index contributed by atoms with van der Waals surface area (Å²) in [6.07, 6.45) is 0. The lowest BCUT2D eigenvalue weighted by Crippen LogP contribution is -1.96. The number of hydrogen-bond donors (Lipinski definition) is 0. The van der Waals surface area contributed by atoms with E-state index in [0.29, 0.717) is 33.8 Å². The molecular formula is C12H14N4O4S2. The zero-order valence-electron chi connectivity index (χ0n) is 12.4. The van der Waals surface area contributed by atoms with E-state index in [1.54, 1.807) is 12.1 Å². The van der Waals surface area contributed by atoms with Gasteiger partial charge in [0, 0.05) is 0 Å². The van der Waals surface area contributed by atoms with Gasteiger partial charge < -0.3 is 18.9 Å². The van der Waals surface area contributed by atoms with Crippen LogP contribution in [0, 0.1) is 0 Å². The highest BCUT2D eigenvalue weighted by Crippen LogP contribution is 2.36. The van der Waals surface area contributed by atoms with E-state index in [-0.39, 0.29) is 0 Å². The molecule has 0 radical (unpaired) electrons. The average Bonchev–Trinajstić information content (AvgIpc) is 2.59. The number of nitrogens with zero attached hydrogens (tertiary/aromatic N) is 4. The van der Waals surface area contributed by atoms with E-state index < -0.39 is 0 Å². The smallest absolute Gasteiger partial charge is 0.220 e. The van der Waals surface area contributed by atoms with Crippen LogP contribution in [0.15, 0.2) is 22.4 Å². The Bertz CT molecular complexity index is 545. The molecule has 2 aromatic heterocycles. The van der Waals surface area contributed by atoms with Crippen molar-refractivity contribution in [2.24, 2.45) is 0 Å². The molecule has 2 aromatic rings. The van der Waals surface area contributed by atoms with Gasteiger partial charge in [-0.15, -0.1) is 0 Å². The summed E-state index contributed by atoms with van der Waals surface area (Å²) in [5.74, 6) is 1.66. The summed E-state index contributed by atoms with van der Waals surface area (Å²) in [7, 11) is 8.65. The van der Waals surface area contributed by atoms with Crippen LogP contribution in [-0.2, 0) is 0 Å². The van der Waals surface area contributed by atoms with E-state index in [1.165, 1.54) is 50.0 Å². The molecule has 0 aliphatic carbocycles. The number of aromatic nitrogens is 4. The van der Waals surface area contributed by atoms with Crippen molar-refractivity contribution >= 4 is 21.6 Å². The van der Waals surface area contributed by atoms with Gasteiger partial charge in [-0.05, 0) is 21.6 Å². The molecule has 0 aromatic carbocycles. The summed E-state index contributed by atoms with van der Waals surface area (Å²) in [6, 6.07) is 3.19. The zero-order chi connectivity index (χ0) is 15.9. The summed E-state index contributed by atoms with van der Waals surface area (Å²) in [5.41, 5.74) is 0. The lowest BCUT2D eigenvalue weighted by Gasteiger charge is -2.06. The Morgan fingerprint density at radius 2 is 0.864 bits per heavy atom. The maximum absolute atomic E-state index is 5.10. The van der Waals surface area contributed by atoms with Gasteiger partial charge in [-0.25, -0.2) is 0 Å². The minimum atomic E-state index is 0.416. The predicted octanol–water partition coefficient (Wildman–Crippen LogP) is 2.10. The van der Waals surface area contributed by atoms with E-state index in [0.717, 1.165) is 0 Å². The Kier molecular flexibility index (Phi) is 5.90. The third kappa shape index (κ3) is 4.28. The molecule has 22 heavy (non-hydrogen) atoms. The molecule has 0 saturated carbocycles. The monoisotopic (exact) mass is 342 g/mol. The molecule has 0 amide bonds. The van der Waals surface area contributed by atoms with Crippen LogP contribution in [0.2, 0.25) is 0 Å². The predicted molar refractivity (Wildman–Crippen MR) is 82.0 cm³/mol. The Hall–Kier alpha value is -1.94. The van der Waals surface area contributed by atoms with Crippen LogP contribution in [0.5, 0.6) is 23.5 Å². The Morgan fingerprint density at radius 3 is 1.09 bits per heavy atom. The van der Waals surface area contributed by atoms with Crippen LogP contribution in [0.25, 0.3) is 0 Å². The summed E-state index contributed by atoms with van der Waals surface area (Å²) in [6.45, 7) is 0. The molecule has 0 aliphatic heterocycles. The van der Waals surface area contributed by atoms with Gasteiger partial charge in [-0.3, -0.25) is 0 Å². The normalized spacial score (nSPS) is 10.2. The molecule has 0 fully saturated rings. The fraction of sp³-hybridized carbons (Fsp3) is 0.333. The van der Waals surface area contributed by atoms with Gasteiger partial charge in [0.15, 0.2) is 0 Å². The van der Waals surface area contributed by atoms with E-state index in [1.807, 2.05) is 0 Å². The SMILES string of the molecule is COc1cc(OC)nc(SSc2nc(OC)cc(OC)n2)n1. The number of ether oxygens (including phenoxy) is 4. The number of methoxy groups -OCH3 is 4. The first kappa shape index (κ1) is 16.4. The third-order valence-electron chi connectivity index (χ3n) is 2.34. The number of hydrogen-bond acceptors (Lipinski definition) is 10. The second-order valence-corrected chi connectivity index (χ2v) is 5.70. The summed E-state index contributed by atoms with van der Waals surface area (Å²) in [5, 5.41) is 0.929. The minimum absolute atomic E-state index is 0.416. The summed E-state index contributed by atoms with van der Waals surface area (Å²) in [4.78, 5) is 16.8. The van der Waals surface area contributed by atoms with Crippen LogP contribution >= 0.6 is 21.6 Å². The third-order valence-corrected chi connectivity index (χ3v) is 4.24. The molecule has 0 saturated heterocycles. The first-order chi connectivity index (χ1) is 10.7. The topological polar surface area (TPSA) is 88.5 Å². The summed E-state index contributed by atoms with van der Waals surface area (Å²) >= 11 is 0. The van der Waals surface area contributed by atoms with Crippen molar-refractivity contribution in [2.75, 3.05) is 28.4 Å². The molecule has 0 bridgehead atoms. The maximum atomic E-state index is 5.10. The van der Waals surface area contributed by atoms with Crippen molar-refractivity contribution in [3.8, 4) is 23.5 Å². The molecule has 0 aliphatic rings.